The minimum absolute atomic E-state index is 0.349. The van der Waals surface area contributed by atoms with Gasteiger partial charge in [-0.2, -0.15) is 5.10 Å². The lowest BCUT2D eigenvalue weighted by molar-refractivity contribution is 0.406. The van der Waals surface area contributed by atoms with Gasteiger partial charge < -0.3 is 4.42 Å². The lowest BCUT2D eigenvalue weighted by Gasteiger charge is -2.17. The van der Waals surface area contributed by atoms with Crippen LogP contribution >= 0.6 is 12.2 Å². The van der Waals surface area contributed by atoms with Gasteiger partial charge in [-0.1, -0.05) is 25.7 Å². The molecule has 0 amide bonds. The van der Waals surface area contributed by atoms with Crippen LogP contribution in [0.25, 0.3) is 11.6 Å². The molecule has 1 saturated carbocycles. The number of rotatable bonds is 5. The predicted molar refractivity (Wildman–Crippen MR) is 81.0 cm³/mol. The molecule has 108 valence electrons. The van der Waals surface area contributed by atoms with Crippen LogP contribution in [0.2, 0.25) is 0 Å². The highest BCUT2D eigenvalue weighted by molar-refractivity contribution is 7.71. The third-order valence-electron chi connectivity index (χ3n) is 4.35. The molecule has 1 N–H and O–H groups in total. The molecule has 5 heteroatoms. The van der Waals surface area contributed by atoms with Crippen LogP contribution in [0.3, 0.4) is 0 Å². The summed E-state index contributed by atoms with van der Waals surface area (Å²) in [6, 6.07) is 4.15. The summed E-state index contributed by atoms with van der Waals surface area (Å²) >= 11 is 5.38. The Hall–Kier alpha value is -1.36. The second-order valence-corrected chi connectivity index (χ2v) is 6.16. The van der Waals surface area contributed by atoms with E-state index < -0.39 is 0 Å². The maximum atomic E-state index is 5.45. The van der Waals surface area contributed by atoms with Gasteiger partial charge in [-0.05, 0) is 50.0 Å². The molecule has 20 heavy (non-hydrogen) atoms. The Morgan fingerprint density at radius 1 is 1.50 bits per heavy atom. The summed E-state index contributed by atoms with van der Waals surface area (Å²) in [6.07, 6.45) is 9.70. The standard InChI is InChI=1S/C15H21N3OS/c1-11(8-9-12-5-2-3-6-12)18-14(16-17-15(18)20)13-7-4-10-19-13/h4,7,10-12H,2-3,5-6,8-9H2,1H3,(H,17,20). The second kappa shape index (κ2) is 5.95. The van der Waals surface area contributed by atoms with Crippen LogP contribution in [-0.4, -0.2) is 14.8 Å². The summed E-state index contributed by atoms with van der Waals surface area (Å²) in [4.78, 5) is 0. The van der Waals surface area contributed by atoms with Crippen LogP contribution < -0.4 is 0 Å². The van der Waals surface area contributed by atoms with Crippen molar-refractivity contribution in [2.24, 2.45) is 5.92 Å². The quantitative estimate of drug-likeness (QED) is 0.810. The predicted octanol–water partition coefficient (Wildman–Crippen LogP) is 4.73. The van der Waals surface area contributed by atoms with Crippen molar-refractivity contribution in [3.05, 3.63) is 23.2 Å². The molecule has 1 aliphatic carbocycles. The van der Waals surface area contributed by atoms with Gasteiger partial charge in [0, 0.05) is 6.04 Å². The number of hydrogen-bond acceptors (Lipinski definition) is 3. The van der Waals surface area contributed by atoms with Gasteiger partial charge in [0.15, 0.2) is 16.4 Å². The van der Waals surface area contributed by atoms with Crippen molar-refractivity contribution < 1.29 is 4.42 Å². The summed E-state index contributed by atoms with van der Waals surface area (Å²) in [5.41, 5.74) is 0. The highest BCUT2D eigenvalue weighted by Crippen LogP contribution is 2.32. The number of nitrogens with zero attached hydrogens (tertiary/aromatic N) is 2. The first kappa shape index (κ1) is 13.6. The average Bonchev–Trinajstić information content (AvgIpc) is 3.17. The molecule has 0 saturated heterocycles. The Bertz CT molecular complexity index is 593. The van der Waals surface area contributed by atoms with Crippen LogP contribution in [0.15, 0.2) is 22.8 Å². The molecule has 0 radical (unpaired) electrons. The summed E-state index contributed by atoms with van der Waals surface area (Å²) in [6.45, 7) is 2.21. The number of nitrogens with one attached hydrogen (secondary N) is 1. The third-order valence-corrected chi connectivity index (χ3v) is 4.64. The van der Waals surface area contributed by atoms with Gasteiger partial charge in [0.1, 0.15) is 0 Å². The minimum atomic E-state index is 0.349. The van der Waals surface area contributed by atoms with E-state index in [1.165, 1.54) is 32.1 Å². The average molecular weight is 291 g/mol. The van der Waals surface area contributed by atoms with Crippen LogP contribution in [0.4, 0.5) is 0 Å². The second-order valence-electron chi connectivity index (χ2n) is 5.78. The van der Waals surface area contributed by atoms with Gasteiger partial charge in [-0.3, -0.25) is 9.67 Å². The van der Waals surface area contributed by atoms with Crippen LogP contribution in [0.1, 0.15) is 51.5 Å². The molecular weight excluding hydrogens is 270 g/mol. The van der Waals surface area contributed by atoms with Crippen molar-refractivity contribution in [1.82, 2.24) is 14.8 Å². The van der Waals surface area contributed by atoms with Gasteiger partial charge in [0.2, 0.25) is 0 Å². The van der Waals surface area contributed by atoms with Crippen LogP contribution in [0, 0.1) is 10.7 Å². The van der Waals surface area contributed by atoms with E-state index in [9.17, 15) is 0 Å². The molecule has 1 fully saturated rings. The van der Waals surface area contributed by atoms with E-state index in [2.05, 4.69) is 21.7 Å². The van der Waals surface area contributed by atoms with E-state index in [4.69, 9.17) is 16.6 Å². The molecule has 0 spiro atoms. The molecule has 1 atom stereocenters. The Morgan fingerprint density at radius 3 is 3.00 bits per heavy atom. The van der Waals surface area contributed by atoms with Gasteiger partial charge in [0.25, 0.3) is 0 Å². The Labute approximate surface area is 124 Å². The molecule has 1 unspecified atom stereocenters. The first-order chi connectivity index (χ1) is 9.75. The first-order valence-electron chi connectivity index (χ1n) is 7.46. The van der Waals surface area contributed by atoms with Gasteiger partial charge in [-0.25, -0.2) is 0 Å². The lowest BCUT2D eigenvalue weighted by atomic mass is 9.99. The summed E-state index contributed by atoms with van der Waals surface area (Å²) in [5.74, 6) is 2.48. The zero-order valence-corrected chi connectivity index (χ0v) is 12.7. The monoisotopic (exact) mass is 291 g/mol. The number of H-pyrrole nitrogens is 1. The van der Waals surface area contributed by atoms with Gasteiger partial charge in [0.05, 0.1) is 6.26 Å². The largest absolute Gasteiger partial charge is 0.461 e. The molecule has 0 bridgehead atoms. The van der Waals surface area contributed by atoms with E-state index in [1.54, 1.807) is 6.26 Å². The van der Waals surface area contributed by atoms with E-state index in [0.717, 1.165) is 23.9 Å². The van der Waals surface area contributed by atoms with Crippen LogP contribution in [0.5, 0.6) is 0 Å². The Kier molecular flexibility index (Phi) is 4.05. The van der Waals surface area contributed by atoms with E-state index >= 15 is 0 Å². The molecule has 2 heterocycles. The van der Waals surface area contributed by atoms with Gasteiger partial charge in [-0.15, -0.1) is 0 Å². The molecule has 4 nitrogen and oxygen atoms in total. The molecule has 1 aliphatic rings. The summed E-state index contributed by atoms with van der Waals surface area (Å²) in [7, 11) is 0. The molecule has 0 aliphatic heterocycles. The lowest BCUT2D eigenvalue weighted by Crippen LogP contribution is -2.09. The van der Waals surface area contributed by atoms with Crippen molar-refractivity contribution in [3.63, 3.8) is 0 Å². The van der Waals surface area contributed by atoms with Crippen LogP contribution in [-0.2, 0) is 0 Å². The number of aromatic nitrogens is 3. The van der Waals surface area contributed by atoms with Crippen molar-refractivity contribution in [2.45, 2.75) is 51.5 Å². The van der Waals surface area contributed by atoms with E-state index in [-0.39, 0.29) is 0 Å². The number of aromatic amines is 1. The van der Waals surface area contributed by atoms with E-state index in [1.807, 2.05) is 12.1 Å². The molecular formula is C15H21N3OS. The normalized spacial score (nSPS) is 17.6. The van der Waals surface area contributed by atoms with E-state index in [0.29, 0.717) is 10.8 Å². The number of hydrogen-bond donors (Lipinski definition) is 1. The molecule has 0 aromatic carbocycles. The number of furan rings is 1. The highest BCUT2D eigenvalue weighted by atomic mass is 32.1. The zero-order valence-electron chi connectivity index (χ0n) is 11.8. The smallest absolute Gasteiger partial charge is 0.198 e. The minimum Gasteiger partial charge on any atom is -0.461 e. The molecule has 2 aromatic rings. The molecule has 3 rings (SSSR count). The van der Waals surface area contributed by atoms with Gasteiger partial charge >= 0.3 is 0 Å². The SMILES string of the molecule is CC(CCC1CCCC1)n1c(-c2ccco2)n[nH]c1=S. The van der Waals surface area contributed by atoms with Crippen molar-refractivity contribution in [3.8, 4) is 11.6 Å². The first-order valence-corrected chi connectivity index (χ1v) is 7.87. The highest BCUT2D eigenvalue weighted by Gasteiger charge is 2.19. The molecule has 2 aromatic heterocycles. The third kappa shape index (κ3) is 2.73. The maximum Gasteiger partial charge on any atom is 0.198 e. The topological polar surface area (TPSA) is 46.8 Å². The Morgan fingerprint density at radius 2 is 2.30 bits per heavy atom. The Balaban J connectivity index is 1.75. The fourth-order valence-electron chi connectivity index (χ4n) is 3.20. The van der Waals surface area contributed by atoms with Crippen molar-refractivity contribution >= 4 is 12.2 Å². The fourth-order valence-corrected chi connectivity index (χ4v) is 3.51. The fraction of sp³-hybridized carbons (Fsp3) is 0.600. The van der Waals surface area contributed by atoms with Crippen molar-refractivity contribution in [1.29, 1.82) is 0 Å². The van der Waals surface area contributed by atoms with Crippen molar-refractivity contribution in [2.75, 3.05) is 0 Å². The summed E-state index contributed by atoms with van der Waals surface area (Å²) in [5, 5.41) is 7.20. The zero-order chi connectivity index (χ0) is 13.9. The maximum absolute atomic E-state index is 5.45. The summed E-state index contributed by atoms with van der Waals surface area (Å²) < 4.78 is 8.21.